The molecule has 0 radical (unpaired) electrons. The van der Waals surface area contributed by atoms with Gasteiger partial charge in [-0.05, 0) is 36.8 Å². The predicted octanol–water partition coefficient (Wildman–Crippen LogP) is 4.35. The predicted molar refractivity (Wildman–Crippen MR) is 83.3 cm³/mol. The molecule has 10 heteroatoms. The molecule has 142 valence electrons. The maximum Gasteiger partial charge on any atom is 0.417 e. The van der Waals surface area contributed by atoms with E-state index in [-0.39, 0.29) is 11.3 Å². The minimum atomic E-state index is -4.85. The standard InChI is InChI=1S/C16H14F5NO3S/c1-10(11-5-4-6-12(9-11)25-15(17)18)22-26(23,24)14-8-3-2-7-13(14)16(19,20)21/h2-10,15,22H,1H3. The van der Waals surface area contributed by atoms with Crippen molar-refractivity contribution in [2.24, 2.45) is 0 Å². The van der Waals surface area contributed by atoms with Gasteiger partial charge in [0.05, 0.1) is 10.5 Å². The van der Waals surface area contributed by atoms with Gasteiger partial charge in [-0.25, -0.2) is 13.1 Å². The van der Waals surface area contributed by atoms with E-state index in [9.17, 15) is 30.4 Å². The highest BCUT2D eigenvalue weighted by atomic mass is 32.2. The van der Waals surface area contributed by atoms with Crippen LogP contribution in [-0.2, 0) is 16.2 Å². The molecule has 0 fully saturated rings. The molecule has 2 aromatic carbocycles. The molecule has 0 bridgehead atoms. The first kappa shape index (κ1) is 20.1. The van der Waals surface area contributed by atoms with Gasteiger partial charge in [-0.15, -0.1) is 0 Å². The number of benzene rings is 2. The van der Waals surface area contributed by atoms with Crippen molar-refractivity contribution in [2.75, 3.05) is 0 Å². The summed E-state index contributed by atoms with van der Waals surface area (Å²) in [5.74, 6) is -0.195. The molecule has 26 heavy (non-hydrogen) atoms. The third-order valence-electron chi connectivity index (χ3n) is 3.40. The highest BCUT2D eigenvalue weighted by Gasteiger charge is 2.37. The maximum atomic E-state index is 13.0. The Morgan fingerprint density at radius 3 is 2.31 bits per heavy atom. The van der Waals surface area contributed by atoms with Crippen LogP contribution in [0, 0.1) is 0 Å². The van der Waals surface area contributed by atoms with Gasteiger partial charge in [0, 0.05) is 6.04 Å². The quantitative estimate of drug-likeness (QED) is 0.740. The van der Waals surface area contributed by atoms with Crippen LogP contribution in [-0.4, -0.2) is 15.0 Å². The van der Waals surface area contributed by atoms with E-state index in [1.807, 2.05) is 0 Å². The SMILES string of the molecule is CC(NS(=O)(=O)c1ccccc1C(F)(F)F)c1cccc(OC(F)F)c1. The molecule has 0 aromatic heterocycles. The minimum Gasteiger partial charge on any atom is -0.435 e. The highest BCUT2D eigenvalue weighted by Crippen LogP contribution is 2.34. The average molecular weight is 395 g/mol. The van der Waals surface area contributed by atoms with Crippen LogP contribution in [0.25, 0.3) is 0 Å². The van der Waals surface area contributed by atoms with Gasteiger partial charge < -0.3 is 4.74 Å². The summed E-state index contributed by atoms with van der Waals surface area (Å²) < 4.78 is 94.7. The molecule has 2 aromatic rings. The zero-order chi connectivity index (χ0) is 19.5. The number of rotatable bonds is 6. The van der Waals surface area contributed by atoms with Crippen LogP contribution in [0.15, 0.2) is 53.4 Å². The van der Waals surface area contributed by atoms with E-state index in [2.05, 4.69) is 9.46 Å². The Kier molecular flexibility index (Phi) is 5.87. The molecular weight excluding hydrogens is 381 g/mol. The summed E-state index contributed by atoms with van der Waals surface area (Å²) in [7, 11) is -4.52. The van der Waals surface area contributed by atoms with Crippen LogP contribution < -0.4 is 9.46 Å². The fourth-order valence-electron chi connectivity index (χ4n) is 2.26. The first-order chi connectivity index (χ1) is 12.0. The summed E-state index contributed by atoms with van der Waals surface area (Å²) in [4.78, 5) is -0.917. The normalized spacial score (nSPS) is 13.7. The van der Waals surface area contributed by atoms with E-state index in [1.165, 1.54) is 37.3 Å². The van der Waals surface area contributed by atoms with E-state index in [4.69, 9.17) is 0 Å². The van der Waals surface area contributed by atoms with Crippen molar-refractivity contribution in [1.82, 2.24) is 4.72 Å². The lowest BCUT2D eigenvalue weighted by Gasteiger charge is -2.18. The Hall–Kier alpha value is -2.20. The molecule has 1 atom stereocenters. The second kappa shape index (κ2) is 7.58. The molecule has 0 heterocycles. The molecule has 2 rings (SSSR count). The molecule has 0 aliphatic rings. The van der Waals surface area contributed by atoms with E-state index in [1.54, 1.807) is 0 Å². The third-order valence-corrected chi connectivity index (χ3v) is 5.00. The summed E-state index contributed by atoms with van der Waals surface area (Å²) >= 11 is 0. The first-order valence-electron chi connectivity index (χ1n) is 7.24. The van der Waals surface area contributed by atoms with Crippen molar-refractivity contribution in [3.63, 3.8) is 0 Å². The minimum absolute atomic E-state index is 0.195. The van der Waals surface area contributed by atoms with Crippen molar-refractivity contribution in [2.45, 2.75) is 30.6 Å². The van der Waals surface area contributed by atoms with Crippen molar-refractivity contribution in [1.29, 1.82) is 0 Å². The van der Waals surface area contributed by atoms with Crippen LogP contribution in [0.1, 0.15) is 24.1 Å². The number of alkyl halides is 5. The number of hydrogen-bond acceptors (Lipinski definition) is 3. The van der Waals surface area contributed by atoms with Gasteiger partial charge in [0.2, 0.25) is 10.0 Å². The molecule has 0 spiro atoms. The Morgan fingerprint density at radius 2 is 1.69 bits per heavy atom. The third kappa shape index (κ3) is 4.92. The van der Waals surface area contributed by atoms with Gasteiger partial charge in [0.15, 0.2) is 0 Å². The van der Waals surface area contributed by atoms with Crippen molar-refractivity contribution >= 4 is 10.0 Å². The second-order valence-electron chi connectivity index (χ2n) is 5.29. The zero-order valence-corrected chi connectivity index (χ0v) is 14.1. The highest BCUT2D eigenvalue weighted by molar-refractivity contribution is 7.89. The van der Waals surface area contributed by atoms with Gasteiger partial charge in [0.1, 0.15) is 5.75 Å². The zero-order valence-electron chi connectivity index (χ0n) is 13.3. The fraction of sp³-hybridized carbons (Fsp3) is 0.250. The lowest BCUT2D eigenvalue weighted by Crippen LogP contribution is -2.29. The van der Waals surface area contributed by atoms with Gasteiger partial charge >= 0.3 is 12.8 Å². The van der Waals surface area contributed by atoms with E-state index in [0.717, 1.165) is 12.1 Å². The molecule has 0 aliphatic carbocycles. The number of hydrogen-bond donors (Lipinski definition) is 1. The van der Waals surface area contributed by atoms with E-state index >= 15 is 0 Å². The summed E-state index contributed by atoms with van der Waals surface area (Å²) in [5, 5.41) is 0. The Balaban J connectivity index is 2.30. The van der Waals surface area contributed by atoms with Gasteiger partial charge in [0.25, 0.3) is 0 Å². The van der Waals surface area contributed by atoms with Crippen LogP contribution in [0.4, 0.5) is 22.0 Å². The van der Waals surface area contributed by atoms with E-state index in [0.29, 0.717) is 6.07 Å². The second-order valence-corrected chi connectivity index (χ2v) is 6.97. The first-order valence-corrected chi connectivity index (χ1v) is 8.72. The lowest BCUT2D eigenvalue weighted by molar-refractivity contribution is -0.139. The molecule has 0 aliphatic heterocycles. The number of ether oxygens (including phenoxy) is 1. The smallest absolute Gasteiger partial charge is 0.417 e. The van der Waals surface area contributed by atoms with Crippen LogP contribution in [0.5, 0.6) is 5.75 Å². The Labute approximate surface area is 146 Å². The Bertz CT molecular complexity index is 868. The van der Waals surface area contributed by atoms with Gasteiger partial charge in [-0.1, -0.05) is 24.3 Å². The van der Waals surface area contributed by atoms with Crippen molar-refractivity contribution in [3.8, 4) is 5.75 Å². The largest absolute Gasteiger partial charge is 0.435 e. The maximum absolute atomic E-state index is 13.0. The molecule has 0 saturated heterocycles. The van der Waals surface area contributed by atoms with Crippen LogP contribution in [0.2, 0.25) is 0 Å². The molecule has 0 amide bonds. The molecule has 1 N–H and O–H groups in total. The fourth-order valence-corrected chi connectivity index (χ4v) is 3.72. The van der Waals surface area contributed by atoms with Gasteiger partial charge in [-0.3, -0.25) is 0 Å². The monoisotopic (exact) mass is 395 g/mol. The lowest BCUT2D eigenvalue weighted by atomic mass is 10.1. The average Bonchev–Trinajstić information content (AvgIpc) is 2.53. The van der Waals surface area contributed by atoms with E-state index < -0.39 is 39.3 Å². The number of nitrogens with one attached hydrogen (secondary N) is 1. The van der Waals surface area contributed by atoms with Gasteiger partial charge in [-0.2, -0.15) is 22.0 Å². The number of halogens is 5. The number of sulfonamides is 1. The summed E-state index contributed by atoms with van der Waals surface area (Å²) in [5.41, 5.74) is -1.05. The molecule has 0 saturated carbocycles. The summed E-state index contributed by atoms with van der Waals surface area (Å²) in [6.45, 7) is -1.69. The van der Waals surface area contributed by atoms with Crippen LogP contribution in [0.3, 0.4) is 0 Å². The molecular formula is C16H14F5NO3S. The molecule has 4 nitrogen and oxygen atoms in total. The summed E-state index contributed by atoms with van der Waals surface area (Å²) in [6, 6.07) is 7.99. The van der Waals surface area contributed by atoms with Crippen LogP contribution >= 0.6 is 0 Å². The topological polar surface area (TPSA) is 55.4 Å². The summed E-state index contributed by atoms with van der Waals surface area (Å²) in [6.07, 6.45) is -4.85. The van der Waals surface area contributed by atoms with Crippen molar-refractivity contribution < 1.29 is 35.1 Å². The van der Waals surface area contributed by atoms with Crippen molar-refractivity contribution in [3.05, 3.63) is 59.7 Å². The Morgan fingerprint density at radius 1 is 1.04 bits per heavy atom. The molecule has 1 unspecified atom stereocenters.